The zero-order chi connectivity index (χ0) is 20.4. The predicted molar refractivity (Wildman–Crippen MR) is 110 cm³/mol. The Hall–Kier alpha value is -2.94. The van der Waals surface area contributed by atoms with E-state index in [-0.39, 0.29) is 23.2 Å². The molecule has 0 unspecified atom stereocenters. The SMILES string of the molecule is CN(CC(=O)NCc1ccnc(N2CCCC2)c1)C1=NS(=O)(=O)c2ccccc21. The van der Waals surface area contributed by atoms with Crippen LogP contribution in [-0.4, -0.2) is 56.7 Å². The van der Waals surface area contributed by atoms with Gasteiger partial charge in [-0.1, -0.05) is 12.1 Å². The molecule has 29 heavy (non-hydrogen) atoms. The number of sulfonamides is 1. The summed E-state index contributed by atoms with van der Waals surface area (Å²) in [6.07, 6.45) is 4.12. The fourth-order valence-electron chi connectivity index (χ4n) is 3.60. The molecule has 1 saturated heterocycles. The molecule has 0 saturated carbocycles. The number of rotatable bonds is 5. The summed E-state index contributed by atoms with van der Waals surface area (Å²) in [5, 5.41) is 2.88. The molecule has 2 aliphatic rings. The molecule has 3 heterocycles. The minimum Gasteiger partial charge on any atom is -0.357 e. The molecule has 0 radical (unpaired) electrons. The Morgan fingerprint density at radius 2 is 1.97 bits per heavy atom. The Labute approximate surface area is 170 Å². The van der Waals surface area contributed by atoms with Crippen LogP contribution in [0.25, 0.3) is 0 Å². The molecule has 0 atom stereocenters. The highest BCUT2D eigenvalue weighted by molar-refractivity contribution is 7.90. The fraction of sp³-hybridized carbons (Fsp3) is 0.350. The van der Waals surface area contributed by atoms with Crippen molar-refractivity contribution in [3.63, 3.8) is 0 Å². The molecular formula is C20H23N5O3S. The van der Waals surface area contributed by atoms with Gasteiger partial charge in [-0.05, 0) is 42.7 Å². The normalized spacial score (nSPS) is 17.0. The molecule has 1 aromatic carbocycles. The van der Waals surface area contributed by atoms with Crippen LogP contribution in [-0.2, 0) is 21.4 Å². The number of carbonyl (C=O) groups is 1. The summed E-state index contributed by atoms with van der Waals surface area (Å²) in [6, 6.07) is 10.5. The summed E-state index contributed by atoms with van der Waals surface area (Å²) in [4.78, 5) is 20.8. The number of benzene rings is 1. The van der Waals surface area contributed by atoms with Gasteiger partial charge in [0.15, 0.2) is 5.84 Å². The highest BCUT2D eigenvalue weighted by Crippen LogP contribution is 2.26. The Morgan fingerprint density at radius 1 is 1.21 bits per heavy atom. The van der Waals surface area contributed by atoms with Crippen molar-refractivity contribution >= 4 is 27.6 Å². The van der Waals surface area contributed by atoms with Crippen LogP contribution in [0.5, 0.6) is 0 Å². The predicted octanol–water partition coefficient (Wildman–Crippen LogP) is 1.38. The molecule has 0 aliphatic carbocycles. The van der Waals surface area contributed by atoms with Crippen molar-refractivity contribution in [2.75, 3.05) is 31.6 Å². The third-order valence-corrected chi connectivity index (χ3v) is 6.41. The number of nitrogens with one attached hydrogen (secondary N) is 1. The highest BCUT2D eigenvalue weighted by Gasteiger charge is 2.30. The molecule has 0 spiro atoms. The monoisotopic (exact) mass is 413 g/mol. The first-order chi connectivity index (χ1) is 13.9. The van der Waals surface area contributed by atoms with Crippen LogP contribution in [0.2, 0.25) is 0 Å². The lowest BCUT2D eigenvalue weighted by molar-refractivity contribution is -0.121. The van der Waals surface area contributed by atoms with Crippen molar-refractivity contribution in [2.45, 2.75) is 24.3 Å². The quantitative estimate of drug-likeness (QED) is 0.796. The molecule has 1 fully saturated rings. The van der Waals surface area contributed by atoms with Gasteiger partial charge >= 0.3 is 0 Å². The molecule has 4 rings (SSSR count). The molecular weight excluding hydrogens is 390 g/mol. The molecule has 8 nitrogen and oxygen atoms in total. The van der Waals surface area contributed by atoms with Gasteiger partial charge in [0.25, 0.3) is 10.0 Å². The van der Waals surface area contributed by atoms with Crippen LogP contribution in [0, 0.1) is 0 Å². The largest absolute Gasteiger partial charge is 0.357 e. The standard InChI is InChI=1S/C20H23N5O3S/c1-24(20-16-6-2-3-7-17(16)29(27,28)23-20)14-19(26)22-13-15-8-9-21-18(12-15)25-10-4-5-11-25/h2-3,6-9,12H,4-5,10-11,13-14H2,1H3,(H,22,26). The van der Waals surface area contributed by atoms with E-state index in [4.69, 9.17) is 0 Å². The first-order valence-corrected chi connectivity index (χ1v) is 11.0. The van der Waals surface area contributed by atoms with Gasteiger partial charge in [0, 0.05) is 38.4 Å². The Kier molecular flexibility index (Phi) is 5.23. The average Bonchev–Trinajstić information content (AvgIpc) is 3.34. The van der Waals surface area contributed by atoms with E-state index in [1.807, 2.05) is 12.1 Å². The van der Waals surface area contributed by atoms with Gasteiger partial charge in [0.1, 0.15) is 10.7 Å². The number of hydrogen-bond acceptors (Lipinski definition) is 6. The summed E-state index contributed by atoms with van der Waals surface area (Å²) >= 11 is 0. The van der Waals surface area contributed by atoms with E-state index in [1.54, 1.807) is 36.3 Å². The molecule has 152 valence electrons. The van der Waals surface area contributed by atoms with Crippen molar-refractivity contribution in [3.8, 4) is 0 Å². The Balaban J connectivity index is 1.38. The fourth-order valence-corrected chi connectivity index (χ4v) is 4.85. The summed E-state index contributed by atoms with van der Waals surface area (Å²) in [6.45, 7) is 2.42. The third kappa shape index (κ3) is 4.09. The van der Waals surface area contributed by atoms with Crippen LogP contribution < -0.4 is 10.2 Å². The maximum absolute atomic E-state index is 12.4. The minimum atomic E-state index is -3.70. The van der Waals surface area contributed by atoms with Crippen LogP contribution in [0.1, 0.15) is 24.0 Å². The topological polar surface area (TPSA) is 95.0 Å². The van der Waals surface area contributed by atoms with Crippen LogP contribution >= 0.6 is 0 Å². The zero-order valence-corrected chi connectivity index (χ0v) is 17.0. The van der Waals surface area contributed by atoms with Gasteiger partial charge in [-0.15, -0.1) is 4.40 Å². The minimum absolute atomic E-state index is 0.00670. The first kappa shape index (κ1) is 19.4. The third-order valence-electron chi connectivity index (χ3n) is 5.08. The van der Waals surface area contributed by atoms with E-state index in [9.17, 15) is 13.2 Å². The average molecular weight is 414 g/mol. The summed E-state index contributed by atoms with van der Waals surface area (Å²) < 4.78 is 28.2. The van der Waals surface area contributed by atoms with E-state index >= 15 is 0 Å². The van der Waals surface area contributed by atoms with Crippen molar-refractivity contribution in [1.29, 1.82) is 0 Å². The van der Waals surface area contributed by atoms with Crippen LogP contribution in [0.3, 0.4) is 0 Å². The van der Waals surface area contributed by atoms with E-state index in [2.05, 4.69) is 19.6 Å². The van der Waals surface area contributed by atoms with Crippen LogP contribution in [0.4, 0.5) is 5.82 Å². The second kappa shape index (κ2) is 7.82. The number of anilines is 1. The van der Waals surface area contributed by atoms with Gasteiger partial charge in [-0.25, -0.2) is 4.98 Å². The van der Waals surface area contributed by atoms with E-state index in [0.29, 0.717) is 12.1 Å². The number of carbonyl (C=O) groups excluding carboxylic acids is 1. The molecule has 1 amide bonds. The number of nitrogens with zero attached hydrogens (tertiary/aromatic N) is 4. The summed E-state index contributed by atoms with van der Waals surface area (Å²) in [7, 11) is -2.04. The number of pyridine rings is 1. The van der Waals surface area contributed by atoms with Crippen molar-refractivity contribution in [1.82, 2.24) is 15.2 Å². The van der Waals surface area contributed by atoms with Gasteiger partial charge < -0.3 is 15.1 Å². The Morgan fingerprint density at radius 3 is 2.76 bits per heavy atom. The number of aromatic nitrogens is 1. The van der Waals surface area contributed by atoms with Gasteiger partial charge in [0.2, 0.25) is 5.91 Å². The molecule has 1 aromatic heterocycles. The second-order valence-electron chi connectivity index (χ2n) is 7.24. The smallest absolute Gasteiger partial charge is 0.285 e. The van der Waals surface area contributed by atoms with E-state index in [0.717, 1.165) is 24.5 Å². The van der Waals surface area contributed by atoms with Crippen molar-refractivity contribution in [3.05, 3.63) is 53.7 Å². The molecule has 1 N–H and O–H groups in total. The lowest BCUT2D eigenvalue weighted by Gasteiger charge is -2.19. The molecule has 0 bridgehead atoms. The number of likely N-dealkylation sites (N-methyl/N-ethyl adjacent to an activating group) is 1. The van der Waals surface area contributed by atoms with Gasteiger partial charge in [0.05, 0.1) is 6.54 Å². The maximum atomic E-state index is 12.4. The number of amides is 1. The number of hydrogen-bond donors (Lipinski definition) is 1. The molecule has 9 heteroatoms. The van der Waals surface area contributed by atoms with Crippen LogP contribution in [0.15, 0.2) is 51.9 Å². The lowest BCUT2D eigenvalue weighted by atomic mass is 10.2. The van der Waals surface area contributed by atoms with Crippen molar-refractivity contribution in [2.24, 2.45) is 4.40 Å². The highest BCUT2D eigenvalue weighted by atomic mass is 32.2. The van der Waals surface area contributed by atoms with Gasteiger partial charge in [-0.2, -0.15) is 8.42 Å². The van der Waals surface area contributed by atoms with E-state index in [1.165, 1.54) is 18.9 Å². The maximum Gasteiger partial charge on any atom is 0.285 e. The first-order valence-electron chi connectivity index (χ1n) is 9.56. The van der Waals surface area contributed by atoms with Gasteiger partial charge in [-0.3, -0.25) is 4.79 Å². The summed E-state index contributed by atoms with van der Waals surface area (Å²) in [5.74, 6) is 1.01. The lowest BCUT2D eigenvalue weighted by Crippen LogP contribution is -2.38. The van der Waals surface area contributed by atoms with E-state index < -0.39 is 10.0 Å². The molecule has 2 aliphatic heterocycles. The summed E-state index contributed by atoms with van der Waals surface area (Å²) in [5.41, 5.74) is 1.50. The number of fused-ring (bicyclic) bond motifs is 1. The zero-order valence-electron chi connectivity index (χ0n) is 16.2. The molecule has 2 aromatic rings. The Bertz CT molecular complexity index is 1060. The van der Waals surface area contributed by atoms with Crippen molar-refractivity contribution < 1.29 is 13.2 Å². The second-order valence-corrected chi connectivity index (χ2v) is 8.81. The number of amidine groups is 1.